The lowest BCUT2D eigenvalue weighted by Gasteiger charge is -2.10. The molecule has 0 radical (unpaired) electrons. The smallest absolute Gasteiger partial charge is 0.314 e. The third kappa shape index (κ3) is 3.69. The van der Waals surface area contributed by atoms with Crippen molar-refractivity contribution in [1.29, 1.82) is 0 Å². The van der Waals surface area contributed by atoms with Crippen molar-refractivity contribution in [3.63, 3.8) is 0 Å². The number of hydrogen-bond donors (Lipinski definition) is 1. The van der Waals surface area contributed by atoms with Crippen LogP contribution in [0.5, 0.6) is 11.5 Å². The number of benzene rings is 2. The minimum absolute atomic E-state index is 0.00876. The lowest BCUT2D eigenvalue weighted by atomic mass is 10.2. The van der Waals surface area contributed by atoms with Crippen molar-refractivity contribution in [3.05, 3.63) is 64.8 Å². The van der Waals surface area contributed by atoms with E-state index in [1.807, 2.05) is 12.1 Å². The first-order valence-corrected chi connectivity index (χ1v) is 7.67. The second-order valence-electron chi connectivity index (χ2n) is 5.30. The normalized spacial score (nSPS) is 10.3. The van der Waals surface area contributed by atoms with E-state index in [1.54, 1.807) is 24.4 Å². The number of carbonyl (C=O) groups excluding carboxylic acids is 1. The van der Waals surface area contributed by atoms with Crippen LogP contribution in [0.15, 0.2) is 54.7 Å². The molecule has 0 fully saturated rings. The second-order valence-corrected chi connectivity index (χ2v) is 5.30. The summed E-state index contributed by atoms with van der Waals surface area (Å²) in [5.74, 6) is -0.117. The fraction of sp³-hybridized carbons (Fsp3) is 0.111. The number of ether oxygens (including phenoxy) is 2. The minimum atomic E-state index is -0.591. The number of amides is 1. The van der Waals surface area contributed by atoms with Crippen molar-refractivity contribution >= 4 is 28.2 Å². The van der Waals surface area contributed by atoms with Gasteiger partial charge in [0.15, 0.2) is 12.4 Å². The highest BCUT2D eigenvalue weighted by atomic mass is 16.6. The molecule has 0 aliphatic carbocycles. The van der Waals surface area contributed by atoms with E-state index in [1.165, 1.54) is 25.3 Å². The van der Waals surface area contributed by atoms with E-state index in [-0.39, 0.29) is 18.0 Å². The van der Waals surface area contributed by atoms with Crippen LogP contribution in [0, 0.1) is 10.1 Å². The number of rotatable bonds is 6. The molecule has 1 heterocycles. The first-order valence-electron chi connectivity index (χ1n) is 7.67. The lowest BCUT2D eigenvalue weighted by Crippen LogP contribution is -2.20. The number of nitrogens with zero attached hydrogens (tertiary/aromatic N) is 2. The molecule has 0 atom stereocenters. The van der Waals surface area contributed by atoms with Gasteiger partial charge in [-0.1, -0.05) is 6.07 Å². The average Bonchev–Trinajstić information content (AvgIpc) is 2.66. The maximum atomic E-state index is 12.2. The molecule has 132 valence electrons. The summed E-state index contributed by atoms with van der Waals surface area (Å²) in [7, 11) is 1.41. The van der Waals surface area contributed by atoms with Crippen molar-refractivity contribution in [1.82, 2.24) is 4.98 Å². The van der Waals surface area contributed by atoms with Gasteiger partial charge in [0.25, 0.3) is 5.91 Å². The molecule has 3 aromatic rings. The van der Waals surface area contributed by atoms with Crippen LogP contribution in [-0.2, 0) is 4.79 Å². The fourth-order valence-electron chi connectivity index (χ4n) is 2.43. The van der Waals surface area contributed by atoms with Crippen LogP contribution in [0.1, 0.15) is 0 Å². The zero-order valence-corrected chi connectivity index (χ0v) is 13.8. The van der Waals surface area contributed by atoms with Gasteiger partial charge in [0, 0.05) is 11.6 Å². The van der Waals surface area contributed by atoms with Gasteiger partial charge in [-0.25, -0.2) is 0 Å². The topological polar surface area (TPSA) is 104 Å². The maximum absolute atomic E-state index is 12.2. The van der Waals surface area contributed by atoms with Crippen LogP contribution in [0.2, 0.25) is 0 Å². The molecule has 26 heavy (non-hydrogen) atoms. The van der Waals surface area contributed by atoms with Crippen LogP contribution >= 0.6 is 0 Å². The van der Waals surface area contributed by atoms with Gasteiger partial charge in [-0.05, 0) is 36.4 Å². The lowest BCUT2D eigenvalue weighted by molar-refractivity contribution is -0.385. The van der Waals surface area contributed by atoms with Crippen LogP contribution in [0.25, 0.3) is 10.9 Å². The molecular weight excluding hydrogens is 338 g/mol. The van der Waals surface area contributed by atoms with E-state index in [2.05, 4.69) is 10.3 Å². The zero-order chi connectivity index (χ0) is 18.5. The van der Waals surface area contributed by atoms with Crippen molar-refractivity contribution in [2.45, 2.75) is 0 Å². The van der Waals surface area contributed by atoms with Gasteiger partial charge in [-0.3, -0.25) is 19.9 Å². The molecule has 0 bridgehead atoms. The number of carbonyl (C=O) groups is 1. The SMILES string of the molecule is COc1ccc(OCC(=O)Nc2cccc3ncccc23)c([N+](=O)[O-])c1. The Morgan fingerprint density at radius 3 is 2.85 bits per heavy atom. The number of nitrogens with one attached hydrogen (secondary N) is 1. The highest BCUT2D eigenvalue weighted by molar-refractivity contribution is 6.01. The predicted molar refractivity (Wildman–Crippen MR) is 95.5 cm³/mol. The Balaban J connectivity index is 1.72. The third-order valence-electron chi connectivity index (χ3n) is 3.64. The minimum Gasteiger partial charge on any atom is -0.496 e. The maximum Gasteiger partial charge on any atom is 0.314 e. The Bertz CT molecular complexity index is 969. The van der Waals surface area contributed by atoms with Crippen molar-refractivity contribution in [2.24, 2.45) is 0 Å². The molecule has 1 N–H and O–H groups in total. The Hall–Kier alpha value is -3.68. The second kappa shape index (κ2) is 7.47. The predicted octanol–water partition coefficient (Wildman–Crippen LogP) is 3.17. The number of nitro groups is 1. The molecule has 0 spiro atoms. The Labute approximate surface area is 148 Å². The Kier molecular flexibility index (Phi) is 4.93. The first-order chi connectivity index (χ1) is 12.6. The van der Waals surface area contributed by atoms with Gasteiger partial charge in [0.2, 0.25) is 0 Å². The summed E-state index contributed by atoms with van der Waals surface area (Å²) in [6.45, 7) is -0.371. The average molecular weight is 353 g/mol. The molecule has 3 rings (SSSR count). The van der Waals surface area contributed by atoms with Crippen LogP contribution in [0.4, 0.5) is 11.4 Å². The zero-order valence-electron chi connectivity index (χ0n) is 13.8. The Morgan fingerprint density at radius 2 is 2.08 bits per heavy atom. The molecule has 0 aliphatic rings. The van der Waals surface area contributed by atoms with Crippen LogP contribution in [-0.4, -0.2) is 29.5 Å². The molecule has 0 saturated carbocycles. The van der Waals surface area contributed by atoms with Gasteiger partial charge in [0.05, 0.1) is 29.3 Å². The van der Waals surface area contributed by atoms with Crippen LogP contribution in [0.3, 0.4) is 0 Å². The highest BCUT2D eigenvalue weighted by Crippen LogP contribution is 2.31. The van der Waals surface area contributed by atoms with E-state index in [0.29, 0.717) is 11.4 Å². The van der Waals surface area contributed by atoms with Gasteiger partial charge in [0.1, 0.15) is 5.75 Å². The van der Waals surface area contributed by atoms with Crippen molar-refractivity contribution < 1.29 is 19.2 Å². The van der Waals surface area contributed by atoms with Crippen molar-refractivity contribution in [2.75, 3.05) is 19.0 Å². The first kappa shape index (κ1) is 17.2. The summed E-state index contributed by atoms with van der Waals surface area (Å²) in [6, 6.07) is 13.1. The molecule has 2 aromatic carbocycles. The number of hydrogen-bond acceptors (Lipinski definition) is 6. The van der Waals surface area contributed by atoms with Crippen molar-refractivity contribution in [3.8, 4) is 11.5 Å². The largest absolute Gasteiger partial charge is 0.496 e. The third-order valence-corrected chi connectivity index (χ3v) is 3.64. The number of fused-ring (bicyclic) bond motifs is 1. The summed E-state index contributed by atoms with van der Waals surface area (Å²) < 4.78 is 10.3. The van der Waals surface area contributed by atoms with E-state index in [0.717, 1.165) is 10.9 Å². The summed E-state index contributed by atoms with van der Waals surface area (Å²) in [4.78, 5) is 26.9. The standard InChI is InChI=1S/C18H15N3O5/c1-25-12-7-8-17(16(10-12)21(23)24)26-11-18(22)20-15-6-2-5-14-13(15)4-3-9-19-14/h2-10H,11H2,1H3,(H,20,22). The Morgan fingerprint density at radius 1 is 1.23 bits per heavy atom. The van der Waals surface area contributed by atoms with E-state index < -0.39 is 10.8 Å². The number of pyridine rings is 1. The van der Waals surface area contributed by atoms with Gasteiger partial charge >= 0.3 is 5.69 Å². The van der Waals surface area contributed by atoms with E-state index >= 15 is 0 Å². The summed E-state index contributed by atoms with van der Waals surface area (Å²) in [6.07, 6.45) is 1.67. The monoisotopic (exact) mass is 353 g/mol. The number of anilines is 1. The molecule has 1 amide bonds. The quantitative estimate of drug-likeness (QED) is 0.539. The highest BCUT2D eigenvalue weighted by Gasteiger charge is 2.18. The van der Waals surface area contributed by atoms with Crippen LogP contribution < -0.4 is 14.8 Å². The molecule has 8 nitrogen and oxygen atoms in total. The van der Waals surface area contributed by atoms with Gasteiger partial charge < -0.3 is 14.8 Å². The fourth-order valence-corrected chi connectivity index (χ4v) is 2.43. The summed E-state index contributed by atoms with van der Waals surface area (Å²) >= 11 is 0. The molecule has 1 aromatic heterocycles. The molecule has 8 heteroatoms. The number of methoxy groups -OCH3 is 1. The van der Waals surface area contributed by atoms with E-state index in [4.69, 9.17) is 9.47 Å². The molecule has 0 saturated heterocycles. The van der Waals surface area contributed by atoms with Gasteiger partial charge in [-0.2, -0.15) is 0 Å². The summed E-state index contributed by atoms with van der Waals surface area (Å²) in [5, 5.41) is 14.7. The van der Waals surface area contributed by atoms with Gasteiger partial charge in [-0.15, -0.1) is 0 Å². The van der Waals surface area contributed by atoms with E-state index in [9.17, 15) is 14.9 Å². The molecule has 0 unspecified atom stereocenters. The molecule has 0 aliphatic heterocycles. The summed E-state index contributed by atoms with van der Waals surface area (Å²) in [5.41, 5.74) is 1.07. The number of aromatic nitrogens is 1. The molecular formula is C18H15N3O5. The number of nitro benzene ring substituents is 1.